The fourth-order valence-corrected chi connectivity index (χ4v) is 2.82. The van der Waals surface area contributed by atoms with E-state index >= 15 is 0 Å². The zero-order valence-electron chi connectivity index (χ0n) is 12.8. The van der Waals surface area contributed by atoms with E-state index in [9.17, 15) is 27.6 Å². The summed E-state index contributed by atoms with van der Waals surface area (Å²) in [5, 5.41) is 9.27. The van der Waals surface area contributed by atoms with Gasteiger partial charge in [-0.2, -0.15) is 18.4 Å². The number of nitriles is 1. The van der Waals surface area contributed by atoms with E-state index in [-0.39, 0.29) is 23.2 Å². The van der Waals surface area contributed by atoms with Gasteiger partial charge in [0.15, 0.2) is 5.78 Å². The van der Waals surface area contributed by atoms with Gasteiger partial charge in [0.2, 0.25) is 0 Å². The lowest BCUT2D eigenvalue weighted by molar-refractivity contribution is -0.137. The Hall–Kier alpha value is -2.75. The number of carbonyl (C=O) groups excluding carboxylic acids is 1. The van der Waals surface area contributed by atoms with Gasteiger partial charge in [-0.05, 0) is 42.2 Å². The summed E-state index contributed by atoms with van der Waals surface area (Å²) in [4.78, 5) is 16.2. The lowest BCUT2D eigenvalue weighted by atomic mass is 9.95. The zero-order chi connectivity index (χ0) is 18.2. The number of carbonyl (C=O) groups is 1. The molecule has 1 aromatic heterocycles. The minimum atomic E-state index is -4.53. The van der Waals surface area contributed by atoms with Gasteiger partial charge in [-0.15, -0.1) is 0 Å². The molecule has 0 amide bonds. The highest BCUT2D eigenvalue weighted by atomic mass is 19.4. The monoisotopic (exact) mass is 348 g/mol. The molecule has 3 unspecified atom stereocenters. The molecule has 1 heterocycles. The molecule has 0 aliphatic heterocycles. The number of Topliss-reactive ketones (excluding diaryl/α,β-unsaturated/α-hetero) is 1. The Kier molecular flexibility index (Phi) is 4.29. The third kappa shape index (κ3) is 3.53. The highest BCUT2D eigenvalue weighted by Gasteiger charge is 2.46. The molecule has 25 heavy (non-hydrogen) atoms. The second-order valence-electron chi connectivity index (χ2n) is 5.93. The second kappa shape index (κ2) is 6.28. The lowest BCUT2D eigenvalue weighted by Crippen LogP contribution is -2.16. The first-order valence-electron chi connectivity index (χ1n) is 7.53. The maximum Gasteiger partial charge on any atom is 0.417 e. The van der Waals surface area contributed by atoms with Crippen LogP contribution in [0.4, 0.5) is 17.6 Å². The van der Waals surface area contributed by atoms with Crippen LogP contribution in [0.3, 0.4) is 0 Å². The zero-order valence-corrected chi connectivity index (χ0v) is 12.8. The van der Waals surface area contributed by atoms with Crippen LogP contribution in [-0.2, 0) is 11.0 Å². The molecule has 3 rings (SSSR count). The summed E-state index contributed by atoms with van der Waals surface area (Å²) in [6.07, 6.45) is -3.37. The van der Waals surface area contributed by atoms with E-state index in [1.807, 2.05) is 6.07 Å². The molecule has 1 aromatic carbocycles. The number of aromatic nitrogens is 1. The minimum absolute atomic E-state index is 0.00487. The van der Waals surface area contributed by atoms with Gasteiger partial charge in [-0.1, -0.05) is 12.1 Å². The van der Waals surface area contributed by atoms with Crippen molar-refractivity contribution in [3.63, 3.8) is 0 Å². The fourth-order valence-electron chi connectivity index (χ4n) is 2.82. The van der Waals surface area contributed by atoms with Crippen LogP contribution in [0, 0.1) is 23.1 Å². The SMILES string of the molecule is N#CC(C(=O)C1CC1c1ccc(F)cc1)c1ccc(C(F)(F)F)cn1. The van der Waals surface area contributed by atoms with Crippen LogP contribution in [0.2, 0.25) is 0 Å². The molecule has 0 N–H and O–H groups in total. The van der Waals surface area contributed by atoms with E-state index in [1.54, 1.807) is 12.1 Å². The first-order chi connectivity index (χ1) is 11.8. The average Bonchev–Trinajstić information content (AvgIpc) is 3.36. The smallest absolute Gasteiger partial charge is 0.297 e. The maximum absolute atomic E-state index is 12.9. The summed E-state index contributed by atoms with van der Waals surface area (Å²) in [7, 11) is 0. The summed E-state index contributed by atoms with van der Waals surface area (Å²) in [6.45, 7) is 0. The highest BCUT2D eigenvalue weighted by molar-refractivity contribution is 5.93. The third-order valence-electron chi connectivity index (χ3n) is 4.28. The van der Waals surface area contributed by atoms with Crippen molar-refractivity contribution in [2.75, 3.05) is 0 Å². The van der Waals surface area contributed by atoms with Crippen molar-refractivity contribution >= 4 is 5.78 Å². The van der Waals surface area contributed by atoms with Crippen molar-refractivity contribution in [2.24, 2.45) is 5.92 Å². The molecule has 1 fully saturated rings. The molecule has 3 atom stereocenters. The van der Waals surface area contributed by atoms with E-state index in [4.69, 9.17) is 0 Å². The molecule has 1 aliphatic rings. The Balaban J connectivity index is 1.75. The Morgan fingerprint density at radius 1 is 1.20 bits per heavy atom. The standard InChI is InChI=1S/C18H12F4N2O/c19-12-4-1-10(2-5-12)13-7-14(13)17(25)15(8-23)16-6-3-11(9-24-16)18(20,21)22/h1-6,9,13-15H,7H2. The van der Waals surface area contributed by atoms with E-state index in [0.717, 1.165) is 17.7 Å². The van der Waals surface area contributed by atoms with Gasteiger partial charge < -0.3 is 0 Å². The number of ketones is 1. The summed E-state index contributed by atoms with van der Waals surface area (Å²) in [5.41, 5.74) is -0.127. The molecule has 128 valence electrons. The van der Waals surface area contributed by atoms with Crippen molar-refractivity contribution in [3.8, 4) is 6.07 Å². The van der Waals surface area contributed by atoms with Crippen LogP contribution in [-0.4, -0.2) is 10.8 Å². The van der Waals surface area contributed by atoms with Gasteiger partial charge in [-0.25, -0.2) is 4.39 Å². The number of hydrogen-bond donors (Lipinski definition) is 0. The van der Waals surface area contributed by atoms with Crippen molar-refractivity contribution in [1.29, 1.82) is 5.26 Å². The Morgan fingerprint density at radius 2 is 1.88 bits per heavy atom. The van der Waals surface area contributed by atoms with E-state index in [2.05, 4.69) is 4.98 Å². The molecular weight excluding hydrogens is 336 g/mol. The number of hydrogen-bond acceptors (Lipinski definition) is 3. The quantitative estimate of drug-likeness (QED) is 0.778. The predicted molar refractivity (Wildman–Crippen MR) is 79.8 cm³/mol. The summed E-state index contributed by atoms with van der Waals surface area (Å²) in [6, 6.07) is 9.47. The maximum atomic E-state index is 12.9. The van der Waals surface area contributed by atoms with Gasteiger partial charge >= 0.3 is 6.18 Å². The molecular formula is C18H12F4N2O. The number of halogens is 4. The largest absolute Gasteiger partial charge is 0.417 e. The Morgan fingerprint density at radius 3 is 2.40 bits per heavy atom. The topological polar surface area (TPSA) is 53.8 Å². The van der Waals surface area contributed by atoms with Gasteiger partial charge in [0.1, 0.15) is 11.7 Å². The van der Waals surface area contributed by atoms with Crippen molar-refractivity contribution in [2.45, 2.75) is 24.4 Å². The molecule has 0 saturated heterocycles. The first kappa shape index (κ1) is 17.1. The van der Waals surface area contributed by atoms with Crippen LogP contribution < -0.4 is 0 Å². The molecule has 3 nitrogen and oxygen atoms in total. The highest BCUT2D eigenvalue weighted by Crippen LogP contribution is 2.50. The van der Waals surface area contributed by atoms with Gasteiger partial charge in [0.05, 0.1) is 17.3 Å². The van der Waals surface area contributed by atoms with Crippen LogP contribution in [0.1, 0.15) is 35.1 Å². The normalized spacial score (nSPS) is 20.6. The van der Waals surface area contributed by atoms with Gasteiger partial charge in [0, 0.05) is 12.1 Å². The van der Waals surface area contributed by atoms with Gasteiger partial charge in [-0.3, -0.25) is 9.78 Å². The molecule has 0 spiro atoms. The minimum Gasteiger partial charge on any atom is -0.297 e. The Labute approximate surface area is 140 Å². The van der Waals surface area contributed by atoms with Crippen LogP contribution >= 0.6 is 0 Å². The average molecular weight is 348 g/mol. The summed E-state index contributed by atoms with van der Waals surface area (Å²) >= 11 is 0. The van der Waals surface area contributed by atoms with Crippen molar-refractivity contribution in [1.82, 2.24) is 4.98 Å². The molecule has 7 heteroatoms. The van der Waals surface area contributed by atoms with Crippen LogP contribution in [0.5, 0.6) is 0 Å². The summed E-state index contributed by atoms with van der Waals surface area (Å²) < 4.78 is 50.7. The van der Waals surface area contributed by atoms with Gasteiger partial charge in [0.25, 0.3) is 0 Å². The van der Waals surface area contributed by atoms with Crippen molar-refractivity contribution in [3.05, 3.63) is 65.2 Å². The molecule has 2 aromatic rings. The number of nitrogens with zero attached hydrogens (tertiary/aromatic N) is 2. The molecule has 1 aliphatic carbocycles. The predicted octanol–water partition coefficient (Wildman–Crippen LogP) is 4.22. The van der Waals surface area contributed by atoms with E-state index in [0.29, 0.717) is 12.6 Å². The van der Waals surface area contributed by atoms with Crippen molar-refractivity contribution < 1.29 is 22.4 Å². The third-order valence-corrected chi connectivity index (χ3v) is 4.28. The number of benzene rings is 1. The van der Waals surface area contributed by atoms with Crippen LogP contribution in [0.15, 0.2) is 42.6 Å². The second-order valence-corrected chi connectivity index (χ2v) is 5.93. The fraction of sp³-hybridized carbons (Fsp3) is 0.278. The van der Waals surface area contributed by atoms with Crippen LogP contribution in [0.25, 0.3) is 0 Å². The first-order valence-corrected chi connectivity index (χ1v) is 7.53. The van der Waals surface area contributed by atoms with E-state index < -0.39 is 23.6 Å². The number of pyridine rings is 1. The lowest BCUT2D eigenvalue weighted by Gasteiger charge is -2.10. The number of alkyl halides is 3. The number of rotatable bonds is 4. The molecule has 0 bridgehead atoms. The Bertz CT molecular complexity index is 822. The molecule has 1 saturated carbocycles. The summed E-state index contributed by atoms with van der Waals surface area (Å²) in [5.74, 6) is -2.46. The molecule has 0 radical (unpaired) electrons. The van der Waals surface area contributed by atoms with E-state index in [1.165, 1.54) is 12.1 Å².